The molecule has 4 nitrogen and oxygen atoms in total. The summed E-state index contributed by atoms with van der Waals surface area (Å²) in [6, 6.07) is 7.50. The Bertz CT molecular complexity index is 725. The molecule has 0 saturated carbocycles. The molecule has 0 bridgehead atoms. The van der Waals surface area contributed by atoms with Crippen LogP contribution < -0.4 is 9.64 Å². The smallest absolute Gasteiger partial charge is 0.423 e. The monoisotopic (exact) mass is 479 g/mol. The molecule has 0 N–H and O–H groups in total. The predicted octanol–water partition coefficient (Wildman–Crippen LogP) is 5.83. The van der Waals surface area contributed by atoms with E-state index >= 15 is 0 Å². The Morgan fingerprint density at radius 1 is 1.15 bits per heavy atom. The van der Waals surface area contributed by atoms with Crippen LogP contribution in [0.5, 0.6) is 5.88 Å². The molecule has 2 rings (SSSR count). The zero-order valence-electron chi connectivity index (χ0n) is 14.7. The number of ether oxygens (including phenoxy) is 1. The van der Waals surface area contributed by atoms with Crippen molar-refractivity contribution in [2.45, 2.75) is 38.8 Å². The highest BCUT2D eigenvalue weighted by Crippen LogP contribution is 2.36. The molecule has 0 amide bonds. The Balaban J connectivity index is 2.26. The third-order valence-corrected chi connectivity index (χ3v) is 4.71. The highest BCUT2D eigenvalue weighted by molar-refractivity contribution is 14.1. The average Bonchev–Trinajstić information content (AvgIpc) is 2.60. The first-order valence-corrected chi connectivity index (χ1v) is 9.47. The molecule has 0 fully saturated rings. The Morgan fingerprint density at radius 3 is 2.54 bits per heavy atom. The summed E-state index contributed by atoms with van der Waals surface area (Å²) in [5.74, 6) is -0.262. The maximum absolute atomic E-state index is 13.2. The minimum Gasteiger partial charge on any atom is -0.477 e. The van der Waals surface area contributed by atoms with Gasteiger partial charge in [-0.25, -0.2) is 4.98 Å². The van der Waals surface area contributed by atoms with E-state index in [9.17, 15) is 13.2 Å². The molecule has 0 saturated heterocycles. The van der Waals surface area contributed by atoms with Crippen LogP contribution in [-0.2, 0) is 6.18 Å². The van der Waals surface area contributed by atoms with Gasteiger partial charge in [0.1, 0.15) is 5.56 Å². The van der Waals surface area contributed by atoms with Crippen LogP contribution in [0.2, 0.25) is 0 Å². The summed E-state index contributed by atoms with van der Waals surface area (Å²) in [7, 11) is 1.71. The van der Waals surface area contributed by atoms with Gasteiger partial charge in [0.15, 0.2) is 0 Å². The fourth-order valence-corrected chi connectivity index (χ4v) is 3.10. The first-order chi connectivity index (χ1) is 12.3. The Kier molecular flexibility index (Phi) is 7.48. The molecular formula is C18H21F3IN3O. The van der Waals surface area contributed by atoms with Crippen molar-refractivity contribution in [3.05, 3.63) is 39.6 Å². The quantitative estimate of drug-likeness (QED) is 0.353. The molecule has 0 aliphatic carbocycles. The number of rotatable bonds is 8. The molecule has 0 atom stereocenters. The molecule has 8 heteroatoms. The second-order valence-corrected chi connectivity index (χ2v) is 6.97. The van der Waals surface area contributed by atoms with Gasteiger partial charge >= 0.3 is 6.18 Å². The number of anilines is 2. The number of unbranched alkanes of at least 4 members (excludes halogenated alkanes) is 3. The lowest BCUT2D eigenvalue weighted by Crippen LogP contribution is -2.18. The normalized spacial score (nSPS) is 11.5. The van der Waals surface area contributed by atoms with Crippen molar-refractivity contribution in [2.24, 2.45) is 0 Å². The Hall–Kier alpha value is -1.58. The van der Waals surface area contributed by atoms with Crippen molar-refractivity contribution in [1.29, 1.82) is 0 Å². The lowest BCUT2D eigenvalue weighted by Gasteiger charge is -2.20. The maximum Gasteiger partial charge on any atom is 0.423 e. The van der Waals surface area contributed by atoms with Gasteiger partial charge in [-0.2, -0.15) is 18.2 Å². The third-order valence-electron chi connectivity index (χ3n) is 3.80. The van der Waals surface area contributed by atoms with Crippen LogP contribution in [-0.4, -0.2) is 23.6 Å². The summed E-state index contributed by atoms with van der Waals surface area (Å²) in [6.07, 6.45) is -0.0898. The van der Waals surface area contributed by atoms with Crippen molar-refractivity contribution >= 4 is 34.2 Å². The van der Waals surface area contributed by atoms with Crippen LogP contribution in [0.4, 0.5) is 24.8 Å². The summed E-state index contributed by atoms with van der Waals surface area (Å²) >= 11 is 2.16. The SMILES string of the molecule is CCCCCCOc1nc(N(C)c2ccccc2I)ncc1C(F)(F)F. The van der Waals surface area contributed by atoms with E-state index in [4.69, 9.17) is 4.74 Å². The Morgan fingerprint density at radius 2 is 1.88 bits per heavy atom. The van der Waals surface area contributed by atoms with Crippen LogP contribution >= 0.6 is 22.6 Å². The molecule has 0 spiro atoms. The topological polar surface area (TPSA) is 38.2 Å². The van der Waals surface area contributed by atoms with Gasteiger partial charge in [-0.3, -0.25) is 0 Å². The second-order valence-electron chi connectivity index (χ2n) is 5.81. The van der Waals surface area contributed by atoms with E-state index in [1.165, 1.54) is 0 Å². The summed E-state index contributed by atoms with van der Waals surface area (Å²) in [4.78, 5) is 9.58. The highest BCUT2D eigenvalue weighted by atomic mass is 127. The van der Waals surface area contributed by atoms with Gasteiger partial charge in [-0.15, -0.1) is 0 Å². The van der Waals surface area contributed by atoms with E-state index in [1.807, 2.05) is 24.3 Å². The van der Waals surface area contributed by atoms with Crippen molar-refractivity contribution in [1.82, 2.24) is 9.97 Å². The number of alkyl halides is 3. The van der Waals surface area contributed by atoms with Gasteiger partial charge in [-0.05, 0) is 41.1 Å². The van der Waals surface area contributed by atoms with Crippen LogP contribution in [0.15, 0.2) is 30.5 Å². The van der Waals surface area contributed by atoms with Gasteiger partial charge in [0, 0.05) is 16.8 Å². The number of nitrogens with zero attached hydrogens (tertiary/aromatic N) is 3. The second kappa shape index (κ2) is 9.38. The zero-order chi connectivity index (χ0) is 19.2. The van der Waals surface area contributed by atoms with Crippen molar-refractivity contribution in [3.8, 4) is 5.88 Å². The number of para-hydroxylation sites is 1. The first-order valence-electron chi connectivity index (χ1n) is 8.40. The number of benzene rings is 1. The molecule has 0 unspecified atom stereocenters. The maximum atomic E-state index is 13.2. The van der Waals surface area contributed by atoms with Crippen molar-refractivity contribution in [3.63, 3.8) is 0 Å². The van der Waals surface area contributed by atoms with E-state index in [0.717, 1.165) is 34.7 Å². The fourth-order valence-electron chi connectivity index (χ4n) is 2.35. The lowest BCUT2D eigenvalue weighted by atomic mass is 10.2. The fraction of sp³-hybridized carbons (Fsp3) is 0.444. The molecule has 1 heterocycles. The summed E-state index contributed by atoms with van der Waals surface area (Å²) in [5, 5.41) is 0. The molecule has 2 aromatic rings. The van der Waals surface area contributed by atoms with Crippen LogP contribution in [0.1, 0.15) is 38.2 Å². The molecule has 1 aromatic heterocycles. The van der Waals surface area contributed by atoms with Crippen LogP contribution in [0, 0.1) is 3.57 Å². The number of hydrogen-bond donors (Lipinski definition) is 0. The lowest BCUT2D eigenvalue weighted by molar-refractivity contribution is -0.139. The number of halogens is 4. The van der Waals surface area contributed by atoms with Gasteiger partial charge in [0.25, 0.3) is 0 Å². The summed E-state index contributed by atoms with van der Waals surface area (Å²) < 4.78 is 46.0. The minimum atomic E-state index is -4.56. The van der Waals surface area contributed by atoms with Gasteiger partial charge in [-0.1, -0.05) is 38.3 Å². The number of hydrogen-bond acceptors (Lipinski definition) is 4. The predicted molar refractivity (Wildman–Crippen MR) is 104 cm³/mol. The van der Waals surface area contributed by atoms with Gasteiger partial charge < -0.3 is 9.64 Å². The highest BCUT2D eigenvalue weighted by Gasteiger charge is 2.36. The molecule has 142 valence electrons. The van der Waals surface area contributed by atoms with Gasteiger partial charge in [0.05, 0.1) is 12.3 Å². The zero-order valence-corrected chi connectivity index (χ0v) is 16.8. The average molecular weight is 479 g/mol. The van der Waals surface area contributed by atoms with Crippen molar-refractivity contribution in [2.75, 3.05) is 18.6 Å². The largest absolute Gasteiger partial charge is 0.477 e. The van der Waals surface area contributed by atoms with E-state index in [0.29, 0.717) is 6.42 Å². The van der Waals surface area contributed by atoms with E-state index < -0.39 is 17.6 Å². The molecular weight excluding hydrogens is 458 g/mol. The molecule has 0 radical (unpaired) electrons. The molecule has 0 aliphatic rings. The molecule has 1 aromatic carbocycles. The third kappa shape index (κ3) is 5.46. The summed E-state index contributed by atoms with van der Waals surface area (Å²) in [5.41, 5.74) is -0.144. The van der Waals surface area contributed by atoms with E-state index in [-0.39, 0.29) is 12.6 Å². The standard InChI is InChI=1S/C18H21F3IN3O/c1-3-4-5-8-11-26-16-13(18(19,20)21)12-23-17(24-16)25(2)15-10-7-6-9-14(15)22/h6-7,9-10,12H,3-5,8,11H2,1-2H3. The number of aromatic nitrogens is 2. The van der Waals surface area contributed by atoms with Crippen LogP contribution in [0.3, 0.4) is 0 Å². The molecule has 26 heavy (non-hydrogen) atoms. The van der Waals surface area contributed by atoms with Crippen molar-refractivity contribution < 1.29 is 17.9 Å². The first kappa shape index (κ1) is 20.7. The van der Waals surface area contributed by atoms with Gasteiger partial charge in [0.2, 0.25) is 11.8 Å². The van der Waals surface area contributed by atoms with Crippen LogP contribution in [0.25, 0.3) is 0 Å². The van der Waals surface area contributed by atoms with E-state index in [2.05, 4.69) is 39.5 Å². The Labute approximate surface area is 164 Å². The molecule has 0 aliphatic heterocycles. The minimum absolute atomic E-state index is 0.158. The van der Waals surface area contributed by atoms with E-state index in [1.54, 1.807) is 11.9 Å². The summed E-state index contributed by atoms with van der Waals surface area (Å²) in [6.45, 7) is 2.27.